The number of nitrogens with zero attached hydrogens (tertiary/aromatic N) is 5. The van der Waals surface area contributed by atoms with Crippen LogP contribution in [0.4, 0.5) is 8.78 Å². The number of hydrogen-bond donors (Lipinski definition) is 1. The summed E-state index contributed by atoms with van der Waals surface area (Å²) in [7, 11) is 0. The molecule has 2 unspecified atom stereocenters. The standard InChI is InChI=1S/C22H28F2N6O2/c1-13(30-7-6-17(27-30)14-4-2-3-5-14)19-26-18(28-32-19)16-9-25-10-21(16)11-29(12-21)20(31)15-8-22(15,23)24/h6-7,13-16,25H,2-5,8-12H2,1H3/t13?,15-,16?/m1/s1. The Kier molecular flexibility index (Phi) is 4.48. The number of carbonyl (C=O) groups excluding carboxylic acids is 1. The second-order valence-electron chi connectivity index (χ2n) is 10.1. The van der Waals surface area contributed by atoms with E-state index < -0.39 is 17.7 Å². The lowest BCUT2D eigenvalue weighted by molar-refractivity contribution is -0.147. The third kappa shape index (κ3) is 3.17. The average molecular weight is 447 g/mol. The normalized spacial score (nSPS) is 29.4. The maximum absolute atomic E-state index is 13.3. The second-order valence-corrected chi connectivity index (χ2v) is 10.1. The van der Waals surface area contributed by atoms with Crippen LogP contribution in [0.25, 0.3) is 0 Å². The summed E-state index contributed by atoms with van der Waals surface area (Å²) in [6, 6.07) is 1.91. The van der Waals surface area contributed by atoms with Gasteiger partial charge in [-0.1, -0.05) is 18.0 Å². The molecular formula is C22H28F2N6O2. The molecule has 6 rings (SSSR count). The van der Waals surface area contributed by atoms with Crippen LogP contribution >= 0.6 is 0 Å². The third-order valence-electron chi connectivity index (χ3n) is 7.94. The van der Waals surface area contributed by atoms with Gasteiger partial charge in [-0.05, 0) is 25.8 Å². The highest BCUT2D eigenvalue weighted by Gasteiger charge is 2.65. The zero-order chi connectivity index (χ0) is 22.1. The highest BCUT2D eigenvalue weighted by Crippen LogP contribution is 2.52. The van der Waals surface area contributed by atoms with E-state index in [4.69, 9.17) is 14.6 Å². The van der Waals surface area contributed by atoms with Gasteiger partial charge in [0.25, 0.3) is 11.8 Å². The Labute approximate surface area is 184 Å². The van der Waals surface area contributed by atoms with E-state index in [0.717, 1.165) is 5.69 Å². The van der Waals surface area contributed by atoms with Crippen molar-refractivity contribution in [2.24, 2.45) is 11.3 Å². The van der Waals surface area contributed by atoms with Crippen LogP contribution in [0.3, 0.4) is 0 Å². The van der Waals surface area contributed by atoms with Crippen LogP contribution in [0, 0.1) is 11.3 Å². The number of halogens is 2. The number of aromatic nitrogens is 4. The maximum atomic E-state index is 13.3. The van der Waals surface area contributed by atoms with Gasteiger partial charge in [0, 0.05) is 56.0 Å². The molecule has 1 spiro atoms. The average Bonchev–Trinajstić information content (AvgIpc) is 3.39. The first kappa shape index (κ1) is 20.3. The van der Waals surface area contributed by atoms with Crippen LogP contribution in [0.2, 0.25) is 0 Å². The Morgan fingerprint density at radius 3 is 2.78 bits per heavy atom. The molecular weight excluding hydrogens is 418 g/mol. The molecule has 10 heteroatoms. The van der Waals surface area contributed by atoms with Crippen LogP contribution < -0.4 is 5.32 Å². The zero-order valence-corrected chi connectivity index (χ0v) is 18.1. The van der Waals surface area contributed by atoms with Gasteiger partial charge in [-0.15, -0.1) is 0 Å². The van der Waals surface area contributed by atoms with Crippen molar-refractivity contribution in [3.8, 4) is 0 Å². The Bertz CT molecular complexity index is 1020. The summed E-state index contributed by atoms with van der Waals surface area (Å²) >= 11 is 0. The van der Waals surface area contributed by atoms with E-state index >= 15 is 0 Å². The molecule has 0 radical (unpaired) electrons. The smallest absolute Gasteiger partial charge is 0.260 e. The van der Waals surface area contributed by atoms with Crippen LogP contribution in [-0.4, -0.2) is 62.8 Å². The number of alkyl halides is 2. The molecule has 2 saturated heterocycles. The Morgan fingerprint density at radius 1 is 1.31 bits per heavy atom. The van der Waals surface area contributed by atoms with Crippen LogP contribution in [-0.2, 0) is 4.79 Å². The van der Waals surface area contributed by atoms with Gasteiger partial charge in [0.1, 0.15) is 12.0 Å². The van der Waals surface area contributed by atoms with Gasteiger partial charge in [-0.3, -0.25) is 9.48 Å². The van der Waals surface area contributed by atoms with Crippen molar-refractivity contribution in [3.05, 3.63) is 29.7 Å². The summed E-state index contributed by atoms with van der Waals surface area (Å²) in [5, 5.41) is 12.4. The molecule has 1 N–H and O–H groups in total. The summed E-state index contributed by atoms with van der Waals surface area (Å²) < 4.78 is 34.1. The van der Waals surface area contributed by atoms with Gasteiger partial charge in [0.15, 0.2) is 5.82 Å². The van der Waals surface area contributed by atoms with E-state index in [-0.39, 0.29) is 23.8 Å². The minimum absolute atomic E-state index is 0.0114. The largest absolute Gasteiger partial charge is 0.341 e. The molecule has 4 heterocycles. The van der Waals surface area contributed by atoms with Crippen LogP contribution in [0.1, 0.15) is 74.3 Å². The van der Waals surface area contributed by atoms with Crippen molar-refractivity contribution >= 4 is 5.91 Å². The molecule has 2 saturated carbocycles. The van der Waals surface area contributed by atoms with Crippen molar-refractivity contribution < 1.29 is 18.1 Å². The number of hydrogen-bond acceptors (Lipinski definition) is 6. The lowest BCUT2D eigenvalue weighted by Gasteiger charge is -2.50. The number of amides is 1. The van der Waals surface area contributed by atoms with E-state index in [1.165, 1.54) is 25.7 Å². The Balaban J connectivity index is 1.14. The van der Waals surface area contributed by atoms with Crippen molar-refractivity contribution in [2.75, 3.05) is 26.2 Å². The first-order valence-corrected chi connectivity index (χ1v) is 11.6. The van der Waals surface area contributed by atoms with E-state index in [9.17, 15) is 13.6 Å². The fourth-order valence-electron chi connectivity index (χ4n) is 5.75. The monoisotopic (exact) mass is 446 g/mol. The summed E-state index contributed by atoms with van der Waals surface area (Å²) in [4.78, 5) is 18.6. The summed E-state index contributed by atoms with van der Waals surface area (Å²) in [6.45, 7) is 4.30. The lowest BCUT2D eigenvalue weighted by atomic mass is 9.71. The molecule has 8 nitrogen and oxygen atoms in total. The highest BCUT2D eigenvalue weighted by atomic mass is 19.3. The summed E-state index contributed by atoms with van der Waals surface area (Å²) in [6.07, 6.45) is 6.59. The van der Waals surface area contributed by atoms with Crippen LogP contribution in [0.5, 0.6) is 0 Å². The van der Waals surface area contributed by atoms with Crippen molar-refractivity contribution in [3.63, 3.8) is 0 Å². The summed E-state index contributed by atoms with van der Waals surface area (Å²) in [5.74, 6) is -2.72. The molecule has 4 aliphatic rings. The van der Waals surface area contributed by atoms with E-state index in [0.29, 0.717) is 43.8 Å². The van der Waals surface area contributed by atoms with Crippen molar-refractivity contribution in [1.82, 2.24) is 30.1 Å². The van der Waals surface area contributed by atoms with E-state index in [2.05, 4.69) is 16.5 Å². The summed E-state index contributed by atoms with van der Waals surface area (Å²) in [5.41, 5.74) is 0.916. The highest BCUT2D eigenvalue weighted by molar-refractivity contribution is 5.84. The van der Waals surface area contributed by atoms with Gasteiger partial charge in [0.2, 0.25) is 5.91 Å². The molecule has 2 aromatic rings. The van der Waals surface area contributed by atoms with Crippen LogP contribution in [0.15, 0.2) is 16.8 Å². The number of rotatable bonds is 5. The number of likely N-dealkylation sites (tertiary alicyclic amines) is 1. The SMILES string of the molecule is CC(c1nc(C2CNCC23CN(C(=O)[C@H]2CC2(F)F)C3)no1)n1ccc(C2CCCC2)n1. The van der Waals surface area contributed by atoms with Gasteiger partial charge >= 0.3 is 0 Å². The zero-order valence-electron chi connectivity index (χ0n) is 18.1. The quantitative estimate of drug-likeness (QED) is 0.760. The number of carbonyl (C=O) groups is 1. The Morgan fingerprint density at radius 2 is 2.06 bits per heavy atom. The minimum atomic E-state index is -2.82. The fourth-order valence-corrected chi connectivity index (χ4v) is 5.75. The predicted molar refractivity (Wildman–Crippen MR) is 109 cm³/mol. The molecule has 2 aliphatic carbocycles. The first-order chi connectivity index (χ1) is 15.4. The van der Waals surface area contributed by atoms with Crippen molar-refractivity contribution in [2.45, 2.75) is 62.8 Å². The second kappa shape index (κ2) is 7.07. The maximum Gasteiger partial charge on any atom is 0.260 e. The van der Waals surface area contributed by atoms with E-state index in [1.807, 2.05) is 17.8 Å². The molecule has 4 fully saturated rings. The molecule has 0 aromatic carbocycles. The van der Waals surface area contributed by atoms with Gasteiger partial charge in [-0.2, -0.15) is 10.1 Å². The Hall–Kier alpha value is -2.36. The molecule has 3 atom stereocenters. The first-order valence-electron chi connectivity index (χ1n) is 11.6. The molecule has 32 heavy (non-hydrogen) atoms. The number of nitrogens with one attached hydrogen (secondary N) is 1. The molecule has 0 bridgehead atoms. The molecule has 2 aromatic heterocycles. The van der Waals surface area contributed by atoms with Crippen molar-refractivity contribution in [1.29, 1.82) is 0 Å². The minimum Gasteiger partial charge on any atom is -0.341 e. The molecule has 2 aliphatic heterocycles. The molecule has 172 valence electrons. The molecule has 1 amide bonds. The fraction of sp³-hybridized carbons (Fsp3) is 0.727. The van der Waals surface area contributed by atoms with Gasteiger partial charge in [-0.25, -0.2) is 8.78 Å². The predicted octanol–water partition coefficient (Wildman–Crippen LogP) is 2.70. The lowest BCUT2D eigenvalue weighted by Crippen LogP contribution is -2.62. The van der Waals surface area contributed by atoms with Gasteiger partial charge in [0.05, 0.1) is 5.69 Å². The third-order valence-corrected chi connectivity index (χ3v) is 7.94. The van der Waals surface area contributed by atoms with E-state index in [1.54, 1.807) is 4.90 Å². The van der Waals surface area contributed by atoms with Gasteiger partial charge < -0.3 is 14.7 Å². The topological polar surface area (TPSA) is 89.1 Å².